The molecule has 3 aromatic rings. The standard InChI is InChI=1S/C16H13N5O/c17-7-12-6-11(5-10-1-3-18-15(10)12)14-2-4-19-16(21-14)20-13-8-22-9-13/h1-6,13,18H,8-9H2,(H,19,20,21). The largest absolute Gasteiger partial charge is 0.377 e. The highest BCUT2D eigenvalue weighted by atomic mass is 16.5. The first-order chi connectivity index (χ1) is 10.8. The fraction of sp³-hybridized carbons (Fsp3) is 0.188. The van der Waals surface area contributed by atoms with E-state index in [1.807, 2.05) is 30.5 Å². The van der Waals surface area contributed by atoms with E-state index in [9.17, 15) is 5.26 Å². The second-order valence-corrected chi connectivity index (χ2v) is 5.22. The number of fused-ring (bicyclic) bond motifs is 1. The van der Waals surface area contributed by atoms with Crippen molar-refractivity contribution in [3.8, 4) is 17.3 Å². The molecule has 4 rings (SSSR count). The van der Waals surface area contributed by atoms with E-state index in [0.29, 0.717) is 24.7 Å². The van der Waals surface area contributed by atoms with Gasteiger partial charge in [0.25, 0.3) is 0 Å². The van der Waals surface area contributed by atoms with E-state index in [2.05, 4.69) is 26.3 Å². The summed E-state index contributed by atoms with van der Waals surface area (Å²) in [7, 11) is 0. The second kappa shape index (κ2) is 5.13. The summed E-state index contributed by atoms with van der Waals surface area (Å²) in [4.78, 5) is 11.9. The van der Waals surface area contributed by atoms with Gasteiger partial charge in [-0.05, 0) is 24.3 Å². The Morgan fingerprint density at radius 1 is 1.32 bits per heavy atom. The van der Waals surface area contributed by atoms with Crippen molar-refractivity contribution in [2.75, 3.05) is 18.5 Å². The quantitative estimate of drug-likeness (QED) is 0.773. The second-order valence-electron chi connectivity index (χ2n) is 5.22. The molecule has 0 atom stereocenters. The zero-order chi connectivity index (χ0) is 14.9. The van der Waals surface area contributed by atoms with Crippen LogP contribution in [0.1, 0.15) is 5.56 Å². The molecule has 108 valence electrons. The molecule has 6 heteroatoms. The highest BCUT2D eigenvalue weighted by Crippen LogP contribution is 2.26. The number of nitrogens with zero attached hydrogens (tertiary/aromatic N) is 3. The molecule has 6 nitrogen and oxygen atoms in total. The van der Waals surface area contributed by atoms with Crippen LogP contribution in [0.4, 0.5) is 5.95 Å². The average Bonchev–Trinajstić information content (AvgIpc) is 2.99. The van der Waals surface area contributed by atoms with Crippen LogP contribution in [-0.2, 0) is 4.74 Å². The van der Waals surface area contributed by atoms with Crippen LogP contribution in [0, 0.1) is 11.3 Å². The van der Waals surface area contributed by atoms with Crippen molar-refractivity contribution in [3.05, 3.63) is 42.2 Å². The van der Waals surface area contributed by atoms with E-state index in [-0.39, 0.29) is 6.04 Å². The summed E-state index contributed by atoms with van der Waals surface area (Å²) in [5.74, 6) is 0.582. The number of aromatic nitrogens is 3. The Kier molecular flexibility index (Phi) is 2.99. The maximum Gasteiger partial charge on any atom is 0.223 e. The minimum Gasteiger partial charge on any atom is -0.377 e. The molecule has 1 saturated heterocycles. The summed E-state index contributed by atoms with van der Waals surface area (Å²) in [5.41, 5.74) is 3.15. The van der Waals surface area contributed by atoms with Gasteiger partial charge in [0.1, 0.15) is 6.07 Å². The third-order valence-electron chi connectivity index (χ3n) is 3.70. The van der Waals surface area contributed by atoms with Gasteiger partial charge in [-0.1, -0.05) is 0 Å². The normalized spacial score (nSPS) is 14.5. The maximum atomic E-state index is 9.31. The molecule has 1 aromatic carbocycles. The van der Waals surface area contributed by atoms with Crippen molar-refractivity contribution < 1.29 is 4.74 Å². The molecule has 0 spiro atoms. The Bertz CT molecular complexity index is 876. The van der Waals surface area contributed by atoms with Gasteiger partial charge in [-0.15, -0.1) is 0 Å². The lowest BCUT2D eigenvalue weighted by atomic mass is 10.0. The van der Waals surface area contributed by atoms with Crippen LogP contribution in [0.2, 0.25) is 0 Å². The maximum absolute atomic E-state index is 9.31. The van der Waals surface area contributed by atoms with Crippen molar-refractivity contribution in [2.24, 2.45) is 0 Å². The number of hydrogen-bond acceptors (Lipinski definition) is 5. The molecule has 0 saturated carbocycles. The predicted molar refractivity (Wildman–Crippen MR) is 82.3 cm³/mol. The van der Waals surface area contributed by atoms with Crippen molar-refractivity contribution in [1.82, 2.24) is 15.0 Å². The average molecular weight is 291 g/mol. The summed E-state index contributed by atoms with van der Waals surface area (Å²) in [5, 5.41) is 13.5. The highest BCUT2D eigenvalue weighted by Gasteiger charge is 2.19. The first-order valence-electron chi connectivity index (χ1n) is 7.02. The van der Waals surface area contributed by atoms with Gasteiger partial charge in [-0.3, -0.25) is 0 Å². The number of benzene rings is 1. The number of aromatic amines is 1. The molecule has 0 unspecified atom stereocenters. The SMILES string of the molecule is N#Cc1cc(-c2ccnc(NC3COC3)n2)cc2cc[nH]c12. The monoisotopic (exact) mass is 291 g/mol. The number of hydrogen-bond donors (Lipinski definition) is 2. The van der Waals surface area contributed by atoms with E-state index < -0.39 is 0 Å². The van der Waals surface area contributed by atoms with Crippen LogP contribution < -0.4 is 5.32 Å². The van der Waals surface area contributed by atoms with Gasteiger partial charge in [0.15, 0.2) is 0 Å². The molecule has 0 bridgehead atoms. The molecular weight excluding hydrogens is 278 g/mol. The summed E-state index contributed by atoms with van der Waals surface area (Å²) in [6, 6.07) is 10.2. The molecule has 0 radical (unpaired) electrons. The molecule has 1 aliphatic heterocycles. The lowest BCUT2D eigenvalue weighted by Gasteiger charge is -2.26. The van der Waals surface area contributed by atoms with Crippen molar-refractivity contribution in [2.45, 2.75) is 6.04 Å². The van der Waals surface area contributed by atoms with Gasteiger partial charge in [-0.25, -0.2) is 9.97 Å². The van der Waals surface area contributed by atoms with E-state index in [1.54, 1.807) is 6.20 Å². The van der Waals surface area contributed by atoms with E-state index in [1.165, 1.54) is 0 Å². The zero-order valence-electron chi connectivity index (χ0n) is 11.7. The number of nitriles is 1. The zero-order valence-corrected chi connectivity index (χ0v) is 11.7. The van der Waals surface area contributed by atoms with Gasteiger partial charge >= 0.3 is 0 Å². The van der Waals surface area contributed by atoms with Crippen molar-refractivity contribution in [1.29, 1.82) is 5.26 Å². The van der Waals surface area contributed by atoms with Crippen LogP contribution in [0.25, 0.3) is 22.2 Å². The lowest BCUT2D eigenvalue weighted by molar-refractivity contribution is 0.0208. The number of ether oxygens (including phenoxy) is 1. The van der Waals surface area contributed by atoms with E-state index >= 15 is 0 Å². The van der Waals surface area contributed by atoms with E-state index in [0.717, 1.165) is 22.2 Å². The number of H-pyrrole nitrogens is 1. The predicted octanol–water partition coefficient (Wildman–Crippen LogP) is 2.31. The van der Waals surface area contributed by atoms with Crippen LogP contribution in [0.3, 0.4) is 0 Å². The third-order valence-corrected chi connectivity index (χ3v) is 3.70. The molecule has 22 heavy (non-hydrogen) atoms. The molecule has 0 aliphatic carbocycles. The molecular formula is C16H13N5O. The minimum absolute atomic E-state index is 0.275. The third kappa shape index (κ3) is 2.18. The molecule has 1 aliphatic rings. The Balaban J connectivity index is 1.74. The summed E-state index contributed by atoms with van der Waals surface area (Å²) >= 11 is 0. The van der Waals surface area contributed by atoms with E-state index in [4.69, 9.17) is 4.74 Å². The van der Waals surface area contributed by atoms with Gasteiger partial charge < -0.3 is 15.0 Å². The Labute approximate surface area is 126 Å². The Morgan fingerprint density at radius 2 is 2.23 bits per heavy atom. The van der Waals surface area contributed by atoms with Gasteiger partial charge in [0.2, 0.25) is 5.95 Å². The first kappa shape index (κ1) is 12.8. The van der Waals surface area contributed by atoms with Gasteiger partial charge in [0.05, 0.1) is 36.0 Å². The molecule has 1 fully saturated rings. The van der Waals surface area contributed by atoms with Crippen LogP contribution in [-0.4, -0.2) is 34.2 Å². The Hall–Kier alpha value is -2.91. The van der Waals surface area contributed by atoms with Crippen LogP contribution in [0.5, 0.6) is 0 Å². The topological polar surface area (TPSA) is 86.6 Å². The smallest absolute Gasteiger partial charge is 0.223 e. The molecule has 2 N–H and O–H groups in total. The number of rotatable bonds is 3. The lowest BCUT2D eigenvalue weighted by Crippen LogP contribution is -2.40. The summed E-state index contributed by atoms with van der Waals surface area (Å²) < 4.78 is 5.13. The fourth-order valence-electron chi connectivity index (χ4n) is 2.50. The Morgan fingerprint density at radius 3 is 3.00 bits per heavy atom. The van der Waals surface area contributed by atoms with Crippen LogP contribution >= 0.6 is 0 Å². The van der Waals surface area contributed by atoms with Gasteiger partial charge in [-0.2, -0.15) is 5.26 Å². The van der Waals surface area contributed by atoms with Crippen molar-refractivity contribution in [3.63, 3.8) is 0 Å². The molecule has 3 heterocycles. The minimum atomic E-state index is 0.275. The van der Waals surface area contributed by atoms with Crippen LogP contribution in [0.15, 0.2) is 36.7 Å². The van der Waals surface area contributed by atoms with Gasteiger partial charge in [0, 0.05) is 23.3 Å². The summed E-state index contributed by atoms with van der Waals surface area (Å²) in [6.45, 7) is 1.36. The molecule has 2 aromatic heterocycles. The highest BCUT2D eigenvalue weighted by molar-refractivity contribution is 5.89. The first-order valence-corrected chi connectivity index (χ1v) is 7.02. The number of anilines is 1. The summed E-state index contributed by atoms with van der Waals surface area (Å²) in [6.07, 6.45) is 3.55. The molecule has 0 amide bonds. The number of nitrogens with one attached hydrogen (secondary N) is 2. The van der Waals surface area contributed by atoms with Crippen molar-refractivity contribution >= 4 is 16.9 Å². The fourth-order valence-corrected chi connectivity index (χ4v) is 2.50.